The van der Waals surface area contributed by atoms with E-state index in [9.17, 15) is 9.59 Å². The van der Waals surface area contributed by atoms with Gasteiger partial charge in [0.05, 0.1) is 34.8 Å². The highest BCUT2D eigenvalue weighted by atomic mass is 16.6. The third-order valence-corrected chi connectivity index (χ3v) is 7.58. The van der Waals surface area contributed by atoms with Crippen molar-refractivity contribution in [3.63, 3.8) is 0 Å². The lowest BCUT2D eigenvalue weighted by atomic mass is 9.86. The van der Waals surface area contributed by atoms with Gasteiger partial charge in [0, 0.05) is 36.0 Å². The van der Waals surface area contributed by atoms with E-state index in [0.717, 1.165) is 36.3 Å². The highest BCUT2D eigenvalue weighted by Gasteiger charge is 2.35. The quantitative estimate of drug-likeness (QED) is 0.305. The van der Waals surface area contributed by atoms with Gasteiger partial charge in [-0.2, -0.15) is 0 Å². The topological polar surface area (TPSA) is 103 Å². The maximum absolute atomic E-state index is 13.9. The van der Waals surface area contributed by atoms with Crippen molar-refractivity contribution in [3.8, 4) is 22.8 Å². The molecule has 0 spiro atoms. The normalized spacial score (nSPS) is 17.6. The average molecular weight is 526 g/mol. The van der Waals surface area contributed by atoms with Gasteiger partial charge in [-0.15, -0.1) is 0 Å². The lowest BCUT2D eigenvalue weighted by Gasteiger charge is -2.34. The number of nitrogens with zero attached hydrogens (tertiary/aromatic N) is 2. The van der Waals surface area contributed by atoms with Gasteiger partial charge in [-0.3, -0.25) is 9.59 Å². The van der Waals surface area contributed by atoms with Crippen LogP contribution in [0, 0.1) is 5.92 Å². The molecule has 7 rings (SSSR count). The first-order valence-electron chi connectivity index (χ1n) is 13.3. The molecule has 9 nitrogen and oxygen atoms in total. The fourth-order valence-electron chi connectivity index (χ4n) is 5.81. The molecule has 4 aromatic rings. The smallest absolute Gasteiger partial charge is 0.310 e. The van der Waals surface area contributed by atoms with Crippen molar-refractivity contribution in [2.45, 2.75) is 19.8 Å². The number of hydrogen-bond donors (Lipinski definition) is 1. The van der Waals surface area contributed by atoms with E-state index in [0.29, 0.717) is 71.3 Å². The molecule has 9 heteroatoms. The largest absolute Gasteiger partial charge is 0.486 e. The third-order valence-electron chi connectivity index (χ3n) is 7.58. The lowest BCUT2D eigenvalue weighted by Crippen LogP contribution is -2.39. The van der Waals surface area contributed by atoms with E-state index < -0.39 is 0 Å². The fraction of sp³-hybridized carbons (Fsp3) is 0.300. The fourth-order valence-corrected chi connectivity index (χ4v) is 5.81. The van der Waals surface area contributed by atoms with Gasteiger partial charge in [0.2, 0.25) is 0 Å². The summed E-state index contributed by atoms with van der Waals surface area (Å²) in [5, 5.41) is 8.60. The molecule has 3 heterocycles. The molecule has 1 atom stereocenters. The monoisotopic (exact) mass is 525 g/mol. The van der Waals surface area contributed by atoms with Crippen LogP contribution in [0.4, 0.5) is 17.1 Å². The van der Waals surface area contributed by atoms with Crippen molar-refractivity contribution in [3.05, 3.63) is 59.7 Å². The Bertz CT molecular complexity index is 1630. The van der Waals surface area contributed by atoms with Crippen molar-refractivity contribution in [1.29, 1.82) is 0 Å². The van der Waals surface area contributed by atoms with Crippen molar-refractivity contribution >= 4 is 39.7 Å². The molecular formula is C30H27N3O6. The van der Waals surface area contributed by atoms with Gasteiger partial charge < -0.3 is 29.0 Å². The number of piperidine rings is 1. The molecule has 3 aromatic carbocycles. The molecule has 0 amide bonds. The van der Waals surface area contributed by atoms with E-state index in [2.05, 4.69) is 15.4 Å². The Morgan fingerprint density at radius 1 is 1.10 bits per heavy atom. The van der Waals surface area contributed by atoms with Crippen LogP contribution < -0.4 is 19.7 Å². The first-order valence-corrected chi connectivity index (χ1v) is 13.3. The van der Waals surface area contributed by atoms with Crippen molar-refractivity contribution in [2.75, 3.05) is 43.1 Å². The predicted octanol–water partition coefficient (Wildman–Crippen LogP) is 5.33. The molecule has 1 N–H and O–H groups in total. The summed E-state index contributed by atoms with van der Waals surface area (Å²) in [6.07, 6.45) is 1.61. The van der Waals surface area contributed by atoms with Crippen LogP contribution in [0.25, 0.3) is 22.2 Å². The van der Waals surface area contributed by atoms with Crippen LogP contribution in [0.15, 0.2) is 53.1 Å². The van der Waals surface area contributed by atoms with Crippen LogP contribution in [-0.2, 0) is 9.53 Å². The standard InChI is InChI=1S/C30H27N3O6/c1-2-36-30(35)17-6-5-11-33(16-17)22-15-21(31-18-9-10-23-24(14-18)38-13-12-37-23)25-26-27(22)32-39-29(26)20-8-4-3-7-19(20)28(25)34/h3-4,7-10,14-15,17,31H,2,5-6,11-13,16H2,1H3. The number of benzene rings is 3. The lowest BCUT2D eigenvalue weighted by molar-refractivity contribution is -0.148. The van der Waals surface area contributed by atoms with Crippen molar-refractivity contribution < 1.29 is 28.3 Å². The minimum Gasteiger partial charge on any atom is -0.486 e. The number of hydrogen-bond acceptors (Lipinski definition) is 9. The summed E-state index contributed by atoms with van der Waals surface area (Å²) >= 11 is 0. The summed E-state index contributed by atoms with van der Waals surface area (Å²) in [5.74, 6) is 1.40. The molecule has 0 bridgehead atoms. The van der Waals surface area contributed by atoms with Crippen LogP contribution in [-0.4, -0.2) is 49.8 Å². The van der Waals surface area contributed by atoms with Gasteiger partial charge in [0.1, 0.15) is 18.7 Å². The second-order valence-corrected chi connectivity index (χ2v) is 9.95. The number of carbonyl (C=O) groups is 2. The van der Waals surface area contributed by atoms with Gasteiger partial charge in [0.15, 0.2) is 23.0 Å². The maximum atomic E-state index is 13.9. The molecule has 1 saturated heterocycles. The highest BCUT2D eigenvalue weighted by molar-refractivity contribution is 6.28. The number of nitrogens with one attached hydrogen (secondary N) is 1. The molecule has 1 fully saturated rings. The van der Waals surface area contributed by atoms with E-state index in [-0.39, 0.29) is 17.7 Å². The van der Waals surface area contributed by atoms with Crippen LogP contribution >= 0.6 is 0 Å². The van der Waals surface area contributed by atoms with E-state index in [1.807, 2.05) is 55.5 Å². The number of esters is 1. The molecule has 198 valence electrons. The van der Waals surface area contributed by atoms with Crippen molar-refractivity contribution in [1.82, 2.24) is 5.16 Å². The minimum atomic E-state index is -0.232. The van der Waals surface area contributed by atoms with E-state index >= 15 is 0 Å². The summed E-state index contributed by atoms with van der Waals surface area (Å²) in [6.45, 7) is 4.42. The Morgan fingerprint density at radius 2 is 1.92 bits per heavy atom. The first kappa shape index (κ1) is 23.6. The number of carbonyl (C=O) groups excluding carboxylic acids is 2. The highest BCUT2D eigenvalue weighted by Crippen LogP contribution is 2.47. The number of fused-ring (bicyclic) bond motifs is 3. The molecule has 1 aliphatic carbocycles. The third kappa shape index (κ3) is 3.88. The zero-order valence-electron chi connectivity index (χ0n) is 21.5. The molecule has 1 aromatic heterocycles. The minimum absolute atomic E-state index is 0.0964. The van der Waals surface area contributed by atoms with Crippen LogP contribution in [0.3, 0.4) is 0 Å². The van der Waals surface area contributed by atoms with Crippen LogP contribution in [0.2, 0.25) is 0 Å². The van der Waals surface area contributed by atoms with Gasteiger partial charge in [-0.1, -0.05) is 29.4 Å². The Morgan fingerprint density at radius 3 is 2.77 bits per heavy atom. The van der Waals surface area contributed by atoms with Crippen molar-refractivity contribution in [2.24, 2.45) is 5.92 Å². The summed E-state index contributed by atoms with van der Waals surface area (Å²) in [6, 6.07) is 15.0. The number of ketones is 1. The summed E-state index contributed by atoms with van der Waals surface area (Å²) in [4.78, 5) is 28.7. The molecule has 0 radical (unpaired) electrons. The Labute approximate surface area is 224 Å². The number of anilines is 3. The predicted molar refractivity (Wildman–Crippen MR) is 145 cm³/mol. The Balaban J connectivity index is 1.37. The molecule has 0 saturated carbocycles. The average Bonchev–Trinajstić information content (AvgIpc) is 3.41. The van der Waals surface area contributed by atoms with Gasteiger partial charge >= 0.3 is 5.97 Å². The number of aromatic nitrogens is 1. The molecule has 2 aliphatic heterocycles. The second-order valence-electron chi connectivity index (χ2n) is 9.95. The SMILES string of the molecule is CCOC(=O)C1CCCN(c2cc(Nc3ccc4c(c3)OCCO4)c3c4c(onc24)-c2ccccc2C3=O)C1. The Kier molecular flexibility index (Phi) is 5.65. The summed E-state index contributed by atoms with van der Waals surface area (Å²) < 4.78 is 22.7. The summed E-state index contributed by atoms with van der Waals surface area (Å²) in [5.41, 5.74) is 4.62. The van der Waals surface area contributed by atoms with E-state index in [1.165, 1.54) is 0 Å². The van der Waals surface area contributed by atoms with E-state index in [4.69, 9.17) is 18.7 Å². The van der Waals surface area contributed by atoms with E-state index in [1.54, 1.807) is 0 Å². The zero-order valence-corrected chi connectivity index (χ0v) is 21.5. The number of rotatable bonds is 5. The van der Waals surface area contributed by atoms with Gasteiger partial charge in [-0.25, -0.2) is 0 Å². The van der Waals surface area contributed by atoms with Gasteiger partial charge in [-0.05, 0) is 38.0 Å². The Hall–Kier alpha value is -4.53. The first-order chi connectivity index (χ1) is 19.1. The van der Waals surface area contributed by atoms with Crippen LogP contribution in [0.1, 0.15) is 35.7 Å². The molecule has 1 unspecified atom stereocenters. The maximum Gasteiger partial charge on any atom is 0.310 e. The van der Waals surface area contributed by atoms with Gasteiger partial charge in [0.25, 0.3) is 0 Å². The molecular weight excluding hydrogens is 498 g/mol. The zero-order chi connectivity index (χ0) is 26.5. The van der Waals surface area contributed by atoms with Crippen LogP contribution in [0.5, 0.6) is 11.5 Å². The molecule has 3 aliphatic rings. The summed E-state index contributed by atoms with van der Waals surface area (Å²) in [7, 11) is 0. The second kappa shape index (κ2) is 9.34. The number of ether oxygens (including phenoxy) is 3. The molecule has 39 heavy (non-hydrogen) atoms.